The third-order valence-electron chi connectivity index (χ3n) is 8.89. The molecule has 2 aliphatic heterocycles. The molecule has 12 heteroatoms. The Balaban J connectivity index is 1.60. The molecule has 0 saturated carbocycles. The number of nitrogens with zero attached hydrogens (tertiary/aromatic N) is 5. The lowest BCUT2D eigenvalue weighted by molar-refractivity contribution is -0.384. The Morgan fingerprint density at radius 2 is 1.60 bits per heavy atom. The molecule has 1 atom stereocenters. The van der Waals surface area contributed by atoms with E-state index in [0.717, 1.165) is 50.6 Å². The summed E-state index contributed by atoms with van der Waals surface area (Å²) in [5.74, 6) is -2.81. The highest BCUT2D eigenvalue weighted by molar-refractivity contribution is 5.98. The monoisotopic (exact) mass is 621 g/mol. The predicted molar refractivity (Wildman–Crippen MR) is 172 cm³/mol. The van der Waals surface area contributed by atoms with Crippen LogP contribution in [0.15, 0.2) is 71.1 Å². The number of anilines is 1. The summed E-state index contributed by atoms with van der Waals surface area (Å²) in [6, 6.07) is 13.7. The molecule has 0 bridgehead atoms. The molecule has 1 fully saturated rings. The van der Waals surface area contributed by atoms with Crippen molar-refractivity contribution in [2.45, 2.75) is 38.6 Å². The largest absolute Gasteiger partial charge is 0.495 e. The van der Waals surface area contributed by atoms with Crippen molar-refractivity contribution in [3.8, 4) is 5.75 Å². The van der Waals surface area contributed by atoms with Gasteiger partial charge in [0.1, 0.15) is 5.75 Å². The Kier molecular flexibility index (Phi) is 10.8. The van der Waals surface area contributed by atoms with Crippen LogP contribution in [0.4, 0.5) is 11.4 Å². The fraction of sp³-hybridized carbons (Fsp3) is 0.455. The Labute approximate surface area is 263 Å². The van der Waals surface area contributed by atoms with E-state index in [4.69, 9.17) is 4.74 Å². The van der Waals surface area contributed by atoms with Gasteiger partial charge in [-0.15, -0.1) is 0 Å². The van der Waals surface area contributed by atoms with E-state index in [1.165, 1.54) is 18.2 Å². The van der Waals surface area contributed by atoms with Gasteiger partial charge in [-0.3, -0.25) is 15.0 Å². The number of aliphatic carboxylic acids is 2. The Hall–Kier alpha value is -4.42. The number of carbonyl (C=O) groups is 2. The summed E-state index contributed by atoms with van der Waals surface area (Å²) >= 11 is 0. The number of benzene rings is 2. The Bertz CT molecular complexity index is 1440. The lowest BCUT2D eigenvalue weighted by Crippen LogP contribution is -2.51. The number of rotatable bonds is 13. The van der Waals surface area contributed by atoms with Gasteiger partial charge in [0.15, 0.2) is 0 Å². The lowest BCUT2D eigenvalue weighted by atomic mass is 9.79. The number of non-ortho nitro benzene ring substituents is 1. The second-order valence-corrected chi connectivity index (χ2v) is 11.8. The van der Waals surface area contributed by atoms with Gasteiger partial charge in [-0.05, 0) is 65.0 Å². The van der Waals surface area contributed by atoms with E-state index in [2.05, 4.69) is 20.8 Å². The van der Waals surface area contributed by atoms with Crippen LogP contribution < -0.4 is 9.64 Å². The zero-order chi connectivity index (χ0) is 32.8. The van der Waals surface area contributed by atoms with Crippen molar-refractivity contribution in [1.82, 2.24) is 14.7 Å². The highest BCUT2D eigenvalue weighted by Gasteiger charge is 2.40. The van der Waals surface area contributed by atoms with Crippen LogP contribution in [-0.2, 0) is 9.59 Å². The summed E-state index contributed by atoms with van der Waals surface area (Å²) in [5.41, 5.74) is 1.80. The zero-order valence-electron chi connectivity index (χ0n) is 26.6. The number of hydrogen-bond acceptors (Lipinski definition) is 9. The van der Waals surface area contributed by atoms with Crippen molar-refractivity contribution in [2.24, 2.45) is 0 Å². The van der Waals surface area contributed by atoms with Crippen LogP contribution in [0.2, 0.25) is 0 Å². The highest BCUT2D eigenvalue weighted by atomic mass is 16.6. The van der Waals surface area contributed by atoms with E-state index < -0.39 is 22.8 Å². The first-order chi connectivity index (χ1) is 21.4. The number of nitro groups is 1. The van der Waals surface area contributed by atoms with Crippen molar-refractivity contribution in [3.05, 3.63) is 86.7 Å². The number of carboxylic acid groups (broad SMARTS) is 2. The number of allylic oxidation sites excluding steroid dienone is 2. The first-order valence-corrected chi connectivity index (χ1v) is 15.1. The molecule has 2 N–H and O–H groups in total. The van der Waals surface area contributed by atoms with Gasteiger partial charge >= 0.3 is 11.9 Å². The van der Waals surface area contributed by atoms with Gasteiger partial charge in [-0.2, -0.15) is 0 Å². The predicted octanol–water partition coefficient (Wildman–Crippen LogP) is 4.25. The average Bonchev–Trinajstić information content (AvgIpc) is 3.01. The molecule has 2 aromatic rings. The fourth-order valence-electron chi connectivity index (χ4n) is 6.56. The number of nitro benzene ring substituents is 1. The van der Waals surface area contributed by atoms with E-state index in [9.17, 15) is 29.9 Å². The quantitative estimate of drug-likeness (QED) is 0.245. The van der Waals surface area contributed by atoms with Crippen molar-refractivity contribution in [3.63, 3.8) is 0 Å². The maximum Gasteiger partial charge on any atom is 0.334 e. The number of piperazine rings is 1. The van der Waals surface area contributed by atoms with Gasteiger partial charge in [0.2, 0.25) is 0 Å². The molecule has 4 rings (SSSR count). The summed E-state index contributed by atoms with van der Waals surface area (Å²) < 4.78 is 5.58. The van der Waals surface area contributed by atoms with Crippen molar-refractivity contribution in [1.29, 1.82) is 0 Å². The smallest absolute Gasteiger partial charge is 0.334 e. The van der Waals surface area contributed by atoms with Crippen LogP contribution in [0.3, 0.4) is 0 Å². The minimum absolute atomic E-state index is 0.0891. The second kappa shape index (κ2) is 14.6. The fourth-order valence-corrected chi connectivity index (χ4v) is 6.56. The number of ether oxygens (including phenoxy) is 1. The van der Waals surface area contributed by atoms with Crippen molar-refractivity contribution < 1.29 is 29.5 Å². The van der Waals surface area contributed by atoms with Crippen LogP contribution in [0, 0.1) is 10.1 Å². The summed E-state index contributed by atoms with van der Waals surface area (Å²) in [7, 11) is 5.75. The van der Waals surface area contributed by atoms with E-state index in [1.54, 1.807) is 31.9 Å². The van der Waals surface area contributed by atoms with E-state index >= 15 is 0 Å². The maximum absolute atomic E-state index is 12.7. The van der Waals surface area contributed by atoms with Crippen LogP contribution in [0.1, 0.15) is 38.2 Å². The summed E-state index contributed by atoms with van der Waals surface area (Å²) in [6.07, 6.45) is 1.59. The third kappa shape index (κ3) is 7.46. The number of methoxy groups -OCH3 is 1. The summed E-state index contributed by atoms with van der Waals surface area (Å²) in [4.78, 5) is 45.0. The SMILES string of the molecule is COc1ccccc1N1CCN(C(CCN(C)C)CCN2C(C)=C(C(=O)O)C(c3cccc([N+](=O)[O-])c3)C(C(=O)O)=C2C)CC1. The van der Waals surface area contributed by atoms with Crippen LogP contribution in [0.25, 0.3) is 0 Å². The molecular weight excluding hydrogens is 578 g/mol. The molecule has 0 aromatic heterocycles. The summed E-state index contributed by atoms with van der Waals surface area (Å²) in [6.45, 7) is 8.03. The van der Waals surface area contributed by atoms with Gasteiger partial charge in [0, 0.05) is 62.3 Å². The standard InChI is InChI=1S/C33H43N5O7/c1-22-29(32(39)40)31(24-9-8-10-26(21-24)38(43)44)30(33(41)42)23(2)37(22)16-14-25(13-15-34(3)4)35-17-19-36(20-18-35)27-11-6-7-12-28(27)45-5/h6-12,21,25,31H,13-20H2,1-5H3,(H,39,40)(H,41,42). The third-order valence-corrected chi connectivity index (χ3v) is 8.89. The van der Waals surface area contributed by atoms with Crippen LogP contribution in [0.5, 0.6) is 5.75 Å². The zero-order valence-corrected chi connectivity index (χ0v) is 26.6. The topological polar surface area (TPSA) is 140 Å². The van der Waals surface area contributed by atoms with Crippen molar-refractivity contribution >= 4 is 23.3 Å². The molecule has 0 spiro atoms. The van der Waals surface area contributed by atoms with E-state index in [1.807, 2.05) is 32.3 Å². The normalized spacial score (nSPS) is 17.2. The molecule has 12 nitrogen and oxygen atoms in total. The molecule has 45 heavy (non-hydrogen) atoms. The molecule has 0 radical (unpaired) electrons. The van der Waals surface area contributed by atoms with Gasteiger partial charge in [0.25, 0.3) is 5.69 Å². The summed E-state index contributed by atoms with van der Waals surface area (Å²) in [5, 5.41) is 32.2. The molecule has 0 amide bonds. The number of para-hydroxylation sites is 2. The molecular formula is C33H43N5O7. The van der Waals surface area contributed by atoms with Crippen LogP contribution in [-0.4, -0.2) is 108 Å². The highest BCUT2D eigenvalue weighted by Crippen LogP contribution is 2.43. The molecule has 2 heterocycles. The van der Waals surface area contributed by atoms with Gasteiger partial charge in [-0.1, -0.05) is 24.3 Å². The molecule has 2 aromatic carbocycles. The van der Waals surface area contributed by atoms with E-state index in [0.29, 0.717) is 24.4 Å². The minimum Gasteiger partial charge on any atom is -0.495 e. The molecule has 2 aliphatic rings. The first-order valence-electron chi connectivity index (χ1n) is 15.1. The number of carboxylic acids is 2. The van der Waals surface area contributed by atoms with Gasteiger partial charge in [0.05, 0.1) is 34.8 Å². The second-order valence-electron chi connectivity index (χ2n) is 11.8. The molecule has 242 valence electrons. The maximum atomic E-state index is 12.7. The number of hydrogen-bond donors (Lipinski definition) is 2. The van der Waals surface area contributed by atoms with E-state index in [-0.39, 0.29) is 28.4 Å². The Morgan fingerprint density at radius 3 is 2.16 bits per heavy atom. The van der Waals surface area contributed by atoms with Gasteiger partial charge in [-0.25, -0.2) is 9.59 Å². The minimum atomic E-state index is -1.25. The van der Waals surface area contributed by atoms with Crippen LogP contribution >= 0.6 is 0 Å². The van der Waals surface area contributed by atoms with Gasteiger partial charge < -0.3 is 29.6 Å². The molecule has 0 aliphatic carbocycles. The first kappa shape index (κ1) is 33.5. The molecule has 1 saturated heterocycles. The lowest BCUT2D eigenvalue weighted by Gasteiger charge is -2.42. The van der Waals surface area contributed by atoms with Crippen molar-refractivity contribution in [2.75, 3.05) is 65.4 Å². The molecule has 1 unspecified atom stereocenters. The Morgan fingerprint density at radius 1 is 0.978 bits per heavy atom. The average molecular weight is 622 g/mol.